The minimum absolute atomic E-state index is 0.0358. The molecule has 1 amide bonds. The Bertz CT molecular complexity index is 741. The Balaban J connectivity index is 2.15. The molecule has 12 heteroatoms. The van der Waals surface area contributed by atoms with Crippen molar-refractivity contribution in [2.75, 3.05) is 24.3 Å². The highest BCUT2D eigenvalue weighted by Crippen LogP contribution is 2.39. The van der Waals surface area contributed by atoms with E-state index >= 15 is 0 Å². The number of thioether (sulfide) groups is 1. The Labute approximate surface area is 161 Å². The van der Waals surface area contributed by atoms with Crippen molar-refractivity contribution in [2.24, 2.45) is 0 Å². The Morgan fingerprint density at radius 2 is 2.11 bits per heavy atom. The lowest BCUT2D eigenvalue weighted by atomic mass is 10.1. The molecule has 7 nitrogen and oxygen atoms in total. The highest BCUT2D eigenvalue weighted by Gasteiger charge is 2.47. The summed E-state index contributed by atoms with van der Waals surface area (Å²) in [6, 6.07) is 0.619. The van der Waals surface area contributed by atoms with Gasteiger partial charge in [0.25, 0.3) is 0 Å². The molecular weight excluding hydrogens is 413 g/mol. The van der Waals surface area contributed by atoms with Gasteiger partial charge in [-0.25, -0.2) is 0 Å². The smallest absolute Gasteiger partial charge is 0.421 e. The number of pyridine rings is 1. The van der Waals surface area contributed by atoms with E-state index in [-0.39, 0.29) is 24.8 Å². The first-order valence-corrected chi connectivity index (χ1v) is 9.00. The number of alkyl halides is 3. The van der Waals surface area contributed by atoms with E-state index in [1.807, 2.05) is 0 Å². The number of ether oxygens (including phenoxy) is 2. The zero-order valence-corrected chi connectivity index (χ0v) is 15.8. The van der Waals surface area contributed by atoms with Gasteiger partial charge in [-0.05, 0) is 19.9 Å². The Morgan fingerprint density at radius 1 is 1.48 bits per heavy atom. The number of aliphatic carboxylic acids is 1. The van der Waals surface area contributed by atoms with E-state index in [2.05, 4.69) is 10.3 Å². The summed E-state index contributed by atoms with van der Waals surface area (Å²) >= 11 is 6.67. The minimum atomic E-state index is -4.74. The van der Waals surface area contributed by atoms with E-state index in [0.29, 0.717) is 6.07 Å². The molecule has 1 aromatic rings. The summed E-state index contributed by atoms with van der Waals surface area (Å²) < 4.78 is 48.1. The minimum Gasteiger partial charge on any atom is -0.480 e. The first-order chi connectivity index (χ1) is 12.4. The maximum Gasteiger partial charge on any atom is 0.421 e. The maximum atomic E-state index is 13.1. The average molecular weight is 429 g/mol. The van der Waals surface area contributed by atoms with Crippen molar-refractivity contribution in [1.29, 1.82) is 0 Å². The molecule has 1 saturated heterocycles. The number of nitrogens with one attached hydrogen (secondary N) is 1. The standard InChI is InChI=1S/C15H16ClF3N2O5S/c1-7(2)26-12-8(15(17,18)19)3-9(16)11(21-12)20-10(22)4-27-14(13(23)24)5-25-6-14/h3,7H,4-6H2,1-2H3,(H,23,24)(H,20,21,22). The number of anilines is 1. The van der Waals surface area contributed by atoms with E-state index in [9.17, 15) is 22.8 Å². The maximum absolute atomic E-state index is 13.1. The molecule has 1 aliphatic heterocycles. The average Bonchev–Trinajstić information content (AvgIpc) is 2.47. The van der Waals surface area contributed by atoms with Crippen molar-refractivity contribution >= 4 is 41.1 Å². The van der Waals surface area contributed by atoms with Crippen molar-refractivity contribution in [2.45, 2.75) is 30.9 Å². The van der Waals surface area contributed by atoms with Crippen molar-refractivity contribution < 1.29 is 37.3 Å². The summed E-state index contributed by atoms with van der Waals surface area (Å²) in [4.78, 5) is 27.0. The van der Waals surface area contributed by atoms with E-state index in [0.717, 1.165) is 11.8 Å². The summed E-state index contributed by atoms with van der Waals surface area (Å²) in [6.07, 6.45) is -5.33. The monoisotopic (exact) mass is 428 g/mol. The summed E-state index contributed by atoms with van der Waals surface area (Å²) in [5.41, 5.74) is -1.16. The fourth-order valence-corrected chi connectivity index (χ4v) is 3.14. The topological polar surface area (TPSA) is 97.8 Å². The summed E-state index contributed by atoms with van der Waals surface area (Å²) in [6.45, 7) is 2.98. The lowest BCUT2D eigenvalue weighted by molar-refractivity contribution is -0.151. The number of carbonyl (C=O) groups is 2. The molecular formula is C15H16ClF3N2O5S. The quantitative estimate of drug-likeness (QED) is 0.688. The third kappa shape index (κ3) is 5.17. The van der Waals surface area contributed by atoms with Crippen LogP contribution in [0, 0.1) is 0 Å². The first-order valence-electron chi connectivity index (χ1n) is 7.64. The van der Waals surface area contributed by atoms with Gasteiger partial charge in [0, 0.05) is 0 Å². The van der Waals surface area contributed by atoms with Crippen molar-refractivity contribution in [3.05, 3.63) is 16.7 Å². The molecule has 27 heavy (non-hydrogen) atoms. The van der Waals surface area contributed by atoms with E-state index in [4.69, 9.17) is 26.2 Å². The van der Waals surface area contributed by atoms with Crippen molar-refractivity contribution in [1.82, 2.24) is 4.98 Å². The molecule has 2 heterocycles. The SMILES string of the molecule is CC(C)Oc1nc(NC(=O)CSC2(C(=O)O)COC2)c(Cl)cc1C(F)(F)F. The van der Waals surface area contributed by atoms with Gasteiger partial charge in [-0.3, -0.25) is 9.59 Å². The number of nitrogens with zero attached hydrogens (tertiary/aromatic N) is 1. The molecule has 0 atom stereocenters. The van der Waals surface area contributed by atoms with Gasteiger partial charge in [0.2, 0.25) is 11.8 Å². The lowest BCUT2D eigenvalue weighted by Gasteiger charge is -2.36. The number of carboxylic acid groups (broad SMARTS) is 1. The predicted octanol–water partition coefficient (Wildman–Crippen LogP) is 3.07. The predicted molar refractivity (Wildman–Crippen MR) is 92.3 cm³/mol. The molecule has 1 fully saturated rings. The number of amides is 1. The number of hydrogen-bond donors (Lipinski definition) is 2. The normalized spacial score (nSPS) is 16.0. The molecule has 2 rings (SSSR count). The highest BCUT2D eigenvalue weighted by molar-refractivity contribution is 8.02. The summed E-state index contributed by atoms with van der Waals surface area (Å²) in [5.74, 6) is -3.06. The molecule has 1 aromatic heterocycles. The second-order valence-electron chi connectivity index (χ2n) is 5.96. The Hall–Kier alpha value is -1.72. The molecule has 0 saturated carbocycles. The Morgan fingerprint density at radius 3 is 2.56 bits per heavy atom. The molecule has 150 valence electrons. The van der Waals surface area contributed by atoms with Gasteiger partial charge in [0.15, 0.2) is 10.6 Å². The van der Waals surface area contributed by atoms with Crippen LogP contribution in [0.1, 0.15) is 19.4 Å². The summed E-state index contributed by atoms with van der Waals surface area (Å²) in [5, 5.41) is 11.0. The van der Waals surface area contributed by atoms with Gasteiger partial charge in [-0.15, -0.1) is 11.8 Å². The largest absolute Gasteiger partial charge is 0.480 e. The third-order valence-corrected chi connectivity index (χ3v) is 5.05. The lowest BCUT2D eigenvalue weighted by Crippen LogP contribution is -2.53. The number of halogens is 4. The zero-order valence-electron chi connectivity index (χ0n) is 14.2. The van der Waals surface area contributed by atoms with Crippen LogP contribution in [0.2, 0.25) is 5.02 Å². The number of aromatic nitrogens is 1. The van der Waals surface area contributed by atoms with Gasteiger partial charge >= 0.3 is 12.1 Å². The van der Waals surface area contributed by atoms with Crippen LogP contribution >= 0.6 is 23.4 Å². The highest BCUT2D eigenvalue weighted by atomic mass is 35.5. The van der Waals surface area contributed by atoms with Crippen LogP contribution in [0.4, 0.5) is 19.0 Å². The van der Waals surface area contributed by atoms with E-state index in [1.165, 1.54) is 13.8 Å². The van der Waals surface area contributed by atoms with Crippen LogP contribution in [-0.4, -0.2) is 51.8 Å². The second-order valence-corrected chi connectivity index (χ2v) is 7.73. The molecule has 0 spiro atoms. The van der Waals surface area contributed by atoms with Gasteiger partial charge < -0.3 is 19.9 Å². The van der Waals surface area contributed by atoms with Crippen LogP contribution < -0.4 is 10.1 Å². The van der Waals surface area contributed by atoms with Crippen LogP contribution in [0.3, 0.4) is 0 Å². The van der Waals surface area contributed by atoms with Crippen molar-refractivity contribution in [3.63, 3.8) is 0 Å². The Kier molecular flexibility index (Phi) is 6.48. The third-order valence-electron chi connectivity index (χ3n) is 3.39. The summed E-state index contributed by atoms with van der Waals surface area (Å²) in [7, 11) is 0. The first kappa shape index (κ1) is 21.6. The van der Waals surface area contributed by atoms with Gasteiger partial charge in [-0.2, -0.15) is 18.2 Å². The molecule has 0 aromatic carbocycles. The fourth-order valence-electron chi connectivity index (χ4n) is 2.00. The molecule has 0 unspecified atom stereocenters. The van der Waals surface area contributed by atoms with Crippen LogP contribution in [-0.2, 0) is 20.5 Å². The molecule has 0 aliphatic carbocycles. The van der Waals surface area contributed by atoms with E-state index in [1.54, 1.807) is 0 Å². The van der Waals surface area contributed by atoms with E-state index < -0.39 is 45.4 Å². The molecule has 0 radical (unpaired) electrons. The van der Waals surface area contributed by atoms with Crippen molar-refractivity contribution in [3.8, 4) is 5.88 Å². The molecule has 2 N–H and O–H groups in total. The van der Waals surface area contributed by atoms with Crippen LogP contribution in [0.25, 0.3) is 0 Å². The zero-order chi connectivity index (χ0) is 20.4. The van der Waals surface area contributed by atoms with Gasteiger partial charge in [-0.1, -0.05) is 11.6 Å². The van der Waals surface area contributed by atoms with Gasteiger partial charge in [0.1, 0.15) is 5.56 Å². The molecule has 1 aliphatic rings. The van der Waals surface area contributed by atoms with Crippen LogP contribution in [0.5, 0.6) is 5.88 Å². The van der Waals surface area contributed by atoms with Crippen LogP contribution in [0.15, 0.2) is 6.07 Å². The number of carbonyl (C=O) groups excluding carboxylic acids is 1. The number of carboxylic acids is 1. The molecule has 0 bridgehead atoms. The fraction of sp³-hybridized carbons (Fsp3) is 0.533. The second kappa shape index (κ2) is 8.11. The van der Waals surface area contributed by atoms with Gasteiger partial charge in [0.05, 0.1) is 30.1 Å². The number of hydrogen-bond acceptors (Lipinski definition) is 6. The number of rotatable bonds is 7.